The highest BCUT2D eigenvalue weighted by Gasteiger charge is 2.22. The third-order valence-electron chi connectivity index (χ3n) is 1.41. The molecule has 0 bridgehead atoms. The summed E-state index contributed by atoms with van der Waals surface area (Å²) in [6.07, 6.45) is 0. The minimum absolute atomic E-state index is 0.862. The highest BCUT2D eigenvalue weighted by atomic mass is 32.2. The van der Waals surface area contributed by atoms with E-state index in [9.17, 15) is 8.42 Å². The molecular weight excluding hydrogens is 224 g/mol. The van der Waals surface area contributed by atoms with Crippen molar-refractivity contribution < 1.29 is 23.2 Å². The van der Waals surface area contributed by atoms with Crippen molar-refractivity contribution in [1.82, 2.24) is 10.6 Å². The zero-order valence-electron chi connectivity index (χ0n) is 8.60. The Morgan fingerprint density at radius 1 is 1.13 bits per heavy atom. The van der Waals surface area contributed by atoms with Gasteiger partial charge in [-0.25, -0.2) is 0 Å². The Hall–Kier alpha value is -0.250. The molecule has 5 N–H and O–H groups in total. The lowest BCUT2D eigenvalue weighted by Gasteiger charge is -2.11. The predicted molar refractivity (Wildman–Crippen MR) is 55.0 cm³/mol. The van der Waals surface area contributed by atoms with Crippen molar-refractivity contribution in [3.05, 3.63) is 0 Å². The van der Waals surface area contributed by atoms with E-state index < -0.39 is 21.7 Å². The van der Waals surface area contributed by atoms with Crippen LogP contribution in [0.15, 0.2) is 0 Å². The number of piperazine rings is 1. The fourth-order valence-electron chi connectivity index (χ4n) is 0.949. The van der Waals surface area contributed by atoms with Crippen LogP contribution in [0, 0.1) is 0 Å². The Bertz CT molecular complexity index is 244. The zero-order chi connectivity index (χ0) is 11.9. The van der Waals surface area contributed by atoms with Gasteiger partial charge in [-0.2, -0.15) is 8.42 Å². The molecule has 1 aliphatic rings. The quantitative estimate of drug-likeness (QED) is 0.274. The molecule has 0 aromatic heterocycles. The molecule has 0 atom stereocenters. The van der Waals surface area contributed by atoms with E-state index in [2.05, 4.69) is 10.6 Å². The first-order chi connectivity index (χ1) is 6.71. The summed E-state index contributed by atoms with van der Waals surface area (Å²) in [5.74, 6) is -3.42. The Kier molecular flexibility index (Phi) is 6.25. The smallest absolute Gasteiger partial charge is 0.270 e. The minimum Gasteiger partial charge on any atom is -0.365 e. The van der Waals surface area contributed by atoms with Gasteiger partial charge in [0.25, 0.3) is 10.1 Å². The van der Waals surface area contributed by atoms with E-state index in [-0.39, 0.29) is 0 Å². The van der Waals surface area contributed by atoms with Gasteiger partial charge in [0.15, 0.2) is 5.79 Å². The third-order valence-corrected chi connectivity index (χ3v) is 2.32. The standard InChI is InChI=1S/C4H10N2.C3H8O5S/c1-2-6-4-3-5-1;1-3(4,5)2-9(6,7)8/h5-6H,1-4H2;4-5H,2H2,1H3,(H,6,7,8). The third kappa shape index (κ3) is 13.8. The molecule has 1 rings (SSSR count). The summed E-state index contributed by atoms with van der Waals surface area (Å²) in [5, 5.41) is 23.2. The van der Waals surface area contributed by atoms with Gasteiger partial charge in [-0.3, -0.25) is 4.55 Å². The topological polar surface area (TPSA) is 119 Å². The first-order valence-corrected chi connectivity index (χ1v) is 6.13. The maximum atomic E-state index is 9.88. The molecule has 7 nitrogen and oxygen atoms in total. The van der Waals surface area contributed by atoms with Gasteiger partial charge >= 0.3 is 0 Å². The Labute approximate surface area is 89.2 Å². The van der Waals surface area contributed by atoms with Crippen molar-refractivity contribution in [2.24, 2.45) is 0 Å². The second-order valence-electron chi connectivity index (χ2n) is 3.44. The lowest BCUT2D eigenvalue weighted by Crippen LogP contribution is -2.39. The van der Waals surface area contributed by atoms with Gasteiger partial charge in [0, 0.05) is 26.2 Å². The average Bonchev–Trinajstić information content (AvgIpc) is 2.01. The number of hydrogen-bond donors (Lipinski definition) is 5. The molecule has 0 aliphatic carbocycles. The van der Waals surface area contributed by atoms with E-state index in [4.69, 9.17) is 14.8 Å². The van der Waals surface area contributed by atoms with Crippen molar-refractivity contribution in [1.29, 1.82) is 0 Å². The molecule has 1 heterocycles. The van der Waals surface area contributed by atoms with Crippen LogP contribution in [-0.2, 0) is 10.1 Å². The van der Waals surface area contributed by atoms with Crippen LogP contribution in [0.5, 0.6) is 0 Å². The van der Waals surface area contributed by atoms with Crippen LogP contribution in [0.3, 0.4) is 0 Å². The van der Waals surface area contributed by atoms with Crippen LogP contribution < -0.4 is 10.6 Å². The SMILES string of the molecule is C1CNCCN1.CC(O)(O)CS(=O)(=O)O. The van der Waals surface area contributed by atoms with Gasteiger partial charge in [0.1, 0.15) is 5.75 Å². The van der Waals surface area contributed by atoms with E-state index >= 15 is 0 Å². The molecule has 1 aliphatic heterocycles. The maximum absolute atomic E-state index is 9.88. The van der Waals surface area contributed by atoms with Crippen molar-refractivity contribution in [3.8, 4) is 0 Å². The largest absolute Gasteiger partial charge is 0.365 e. The van der Waals surface area contributed by atoms with Crippen LogP contribution in [0.2, 0.25) is 0 Å². The van der Waals surface area contributed by atoms with Crippen LogP contribution in [0.1, 0.15) is 6.92 Å². The van der Waals surface area contributed by atoms with E-state index in [0.29, 0.717) is 0 Å². The molecule has 92 valence electrons. The maximum Gasteiger partial charge on any atom is 0.270 e. The lowest BCUT2D eigenvalue weighted by molar-refractivity contribution is -0.124. The van der Waals surface area contributed by atoms with Crippen LogP contribution in [-0.4, -0.2) is 60.9 Å². The van der Waals surface area contributed by atoms with Gasteiger partial charge < -0.3 is 20.8 Å². The molecule has 0 spiro atoms. The van der Waals surface area contributed by atoms with Crippen molar-refractivity contribution in [2.75, 3.05) is 31.9 Å². The van der Waals surface area contributed by atoms with Crippen LogP contribution in [0.4, 0.5) is 0 Å². The van der Waals surface area contributed by atoms with Crippen molar-refractivity contribution in [3.63, 3.8) is 0 Å². The molecule has 0 unspecified atom stereocenters. The summed E-state index contributed by atoms with van der Waals surface area (Å²) in [5.41, 5.74) is 0. The fraction of sp³-hybridized carbons (Fsp3) is 1.00. The number of nitrogens with one attached hydrogen (secondary N) is 2. The lowest BCUT2D eigenvalue weighted by atomic mass is 10.4. The van der Waals surface area contributed by atoms with Gasteiger partial charge in [0.2, 0.25) is 0 Å². The van der Waals surface area contributed by atoms with Gasteiger partial charge in [-0.1, -0.05) is 0 Å². The molecular formula is C7H18N2O5S. The molecule has 1 saturated heterocycles. The van der Waals surface area contributed by atoms with E-state index in [1.165, 1.54) is 0 Å². The molecule has 15 heavy (non-hydrogen) atoms. The highest BCUT2D eigenvalue weighted by molar-refractivity contribution is 7.85. The minimum atomic E-state index is -4.28. The molecule has 8 heteroatoms. The second kappa shape index (κ2) is 6.36. The highest BCUT2D eigenvalue weighted by Crippen LogP contribution is 1.99. The van der Waals surface area contributed by atoms with Crippen molar-refractivity contribution >= 4 is 10.1 Å². The molecule has 0 amide bonds. The summed E-state index contributed by atoms with van der Waals surface area (Å²) >= 11 is 0. The normalized spacial score (nSPS) is 17.9. The summed E-state index contributed by atoms with van der Waals surface area (Å²) in [6, 6.07) is 0. The number of rotatable bonds is 2. The Morgan fingerprint density at radius 3 is 1.53 bits per heavy atom. The molecule has 1 fully saturated rings. The van der Waals surface area contributed by atoms with E-state index in [1.807, 2.05) is 0 Å². The fourth-order valence-corrected chi connectivity index (χ4v) is 1.64. The van der Waals surface area contributed by atoms with Gasteiger partial charge in [-0.15, -0.1) is 0 Å². The number of hydrogen-bond acceptors (Lipinski definition) is 6. The summed E-state index contributed by atoms with van der Waals surface area (Å²) < 4.78 is 27.8. The second-order valence-corrected chi connectivity index (χ2v) is 4.90. The predicted octanol–water partition coefficient (Wildman–Crippen LogP) is -2.25. The summed E-state index contributed by atoms with van der Waals surface area (Å²) in [7, 11) is -4.28. The Morgan fingerprint density at radius 2 is 1.47 bits per heavy atom. The monoisotopic (exact) mass is 242 g/mol. The molecule has 0 aromatic rings. The van der Waals surface area contributed by atoms with Crippen LogP contribution in [0.25, 0.3) is 0 Å². The van der Waals surface area contributed by atoms with E-state index in [0.717, 1.165) is 33.1 Å². The molecule has 0 radical (unpaired) electrons. The van der Waals surface area contributed by atoms with Crippen molar-refractivity contribution in [2.45, 2.75) is 12.7 Å². The first-order valence-electron chi connectivity index (χ1n) is 4.52. The molecule has 0 aromatic carbocycles. The molecule has 0 saturated carbocycles. The van der Waals surface area contributed by atoms with E-state index in [1.54, 1.807) is 0 Å². The van der Waals surface area contributed by atoms with Gasteiger partial charge in [0.05, 0.1) is 0 Å². The summed E-state index contributed by atoms with van der Waals surface area (Å²) in [4.78, 5) is 0. The summed E-state index contributed by atoms with van der Waals surface area (Å²) in [6.45, 7) is 5.42. The number of aliphatic hydroxyl groups is 2. The Balaban J connectivity index is 0.000000280. The van der Waals surface area contributed by atoms with Gasteiger partial charge in [-0.05, 0) is 6.92 Å². The first kappa shape index (κ1) is 14.8. The average molecular weight is 242 g/mol. The zero-order valence-corrected chi connectivity index (χ0v) is 9.42. The van der Waals surface area contributed by atoms with Crippen LogP contribution >= 0.6 is 0 Å².